The fraction of sp³-hybridized carbons (Fsp3) is 0.500. The lowest BCUT2D eigenvalue weighted by molar-refractivity contribution is -0.141. The molecule has 2 fully saturated rings. The van der Waals surface area contributed by atoms with Crippen LogP contribution in [-0.4, -0.2) is 37.0 Å². The topological polar surface area (TPSA) is 75.4 Å². The lowest BCUT2D eigenvalue weighted by Gasteiger charge is -2.56. The van der Waals surface area contributed by atoms with Crippen molar-refractivity contribution in [2.45, 2.75) is 38.0 Å². The van der Waals surface area contributed by atoms with Gasteiger partial charge >= 0.3 is 5.97 Å². The third-order valence-electron chi connectivity index (χ3n) is 6.52. The van der Waals surface area contributed by atoms with Gasteiger partial charge in [0.1, 0.15) is 11.1 Å². The molecule has 3 atom stereocenters. The Bertz CT molecular complexity index is 911. The molecule has 7 heteroatoms. The molecule has 3 aliphatic carbocycles. The van der Waals surface area contributed by atoms with E-state index in [2.05, 4.69) is 18.9 Å². The number of fused-ring (bicyclic) bond motifs is 1. The summed E-state index contributed by atoms with van der Waals surface area (Å²) < 4.78 is 1.98. The van der Waals surface area contributed by atoms with Gasteiger partial charge < -0.3 is 5.11 Å². The van der Waals surface area contributed by atoms with E-state index in [-0.39, 0.29) is 17.0 Å². The van der Waals surface area contributed by atoms with Crippen LogP contribution in [0.3, 0.4) is 0 Å². The molecule has 1 saturated carbocycles. The molecular weight excluding hydrogens is 338 g/mol. The van der Waals surface area contributed by atoms with E-state index in [1.807, 2.05) is 17.8 Å². The summed E-state index contributed by atoms with van der Waals surface area (Å²) in [5.41, 5.74) is 4.52. The maximum atomic E-state index is 12.4. The Morgan fingerprint density at radius 2 is 2.24 bits per heavy atom. The second-order valence-electron chi connectivity index (χ2n) is 7.95. The molecular formula is C18H19N3O3S. The highest BCUT2D eigenvalue weighted by molar-refractivity contribution is 8.03. The number of aliphatic carboxylic acids is 1. The van der Waals surface area contributed by atoms with Crippen molar-refractivity contribution >= 4 is 29.7 Å². The molecule has 2 bridgehead atoms. The standard InChI is InChI=1S/C18H19N3O3S/c1-18(2)8-4-9-12(19-20(3)14(9)11(18)5-8)6-10-15(22)21-13(17(23)24)7-25-16(10)21/h6-8,11,16H,4-5H2,1-3H3,(H,23,24)/t8?,11?,16-/m1/s1. The lowest BCUT2D eigenvalue weighted by atomic mass is 9.48. The fourth-order valence-corrected chi connectivity index (χ4v) is 5.97. The summed E-state index contributed by atoms with van der Waals surface area (Å²) in [7, 11) is 1.98. The summed E-state index contributed by atoms with van der Waals surface area (Å²) in [6.45, 7) is 4.67. The zero-order chi connectivity index (χ0) is 17.7. The fourth-order valence-electron chi connectivity index (χ4n) is 4.85. The maximum Gasteiger partial charge on any atom is 0.353 e. The first-order chi connectivity index (χ1) is 11.8. The second-order valence-corrected chi connectivity index (χ2v) is 8.91. The SMILES string of the molecule is Cn1nc(C=C2C(=O)N3C(C(=O)O)=CS[C@H]23)c2c1C1CC(C2)C1(C)C. The van der Waals surface area contributed by atoms with Crippen molar-refractivity contribution < 1.29 is 14.7 Å². The lowest BCUT2D eigenvalue weighted by Crippen LogP contribution is -2.51. The predicted molar refractivity (Wildman–Crippen MR) is 93.5 cm³/mol. The predicted octanol–water partition coefficient (Wildman–Crippen LogP) is 2.33. The first-order valence-electron chi connectivity index (χ1n) is 8.50. The van der Waals surface area contributed by atoms with Gasteiger partial charge in [-0.3, -0.25) is 14.4 Å². The van der Waals surface area contributed by atoms with E-state index in [9.17, 15) is 9.59 Å². The van der Waals surface area contributed by atoms with Gasteiger partial charge in [0, 0.05) is 29.6 Å². The number of carboxylic acids is 1. The number of aromatic nitrogens is 2. The van der Waals surface area contributed by atoms with Gasteiger partial charge in [-0.1, -0.05) is 13.8 Å². The minimum Gasteiger partial charge on any atom is -0.477 e. The van der Waals surface area contributed by atoms with Crippen LogP contribution in [0.2, 0.25) is 0 Å². The summed E-state index contributed by atoms with van der Waals surface area (Å²) >= 11 is 1.37. The number of hydrogen-bond donors (Lipinski definition) is 1. The molecule has 25 heavy (non-hydrogen) atoms. The van der Waals surface area contributed by atoms with Crippen molar-refractivity contribution in [3.63, 3.8) is 0 Å². The van der Waals surface area contributed by atoms with Crippen LogP contribution in [-0.2, 0) is 23.1 Å². The third-order valence-corrected chi connectivity index (χ3v) is 7.60. The van der Waals surface area contributed by atoms with E-state index >= 15 is 0 Å². The van der Waals surface area contributed by atoms with Crippen molar-refractivity contribution in [1.29, 1.82) is 0 Å². The largest absolute Gasteiger partial charge is 0.477 e. The van der Waals surface area contributed by atoms with Crippen molar-refractivity contribution in [2.75, 3.05) is 0 Å². The first-order valence-corrected chi connectivity index (χ1v) is 9.44. The van der Waals surface area contributed by atoms with E-state index in [0.29, 0.717) is 22.8 Å². The van der Waals surface area contributed by atoms with Gasteiger partial charge in [-0.25, -0.2) is 4.79 Å². The number of aryl methyl sites for hydroxylation is 1. The second kappa shape index (κ2) is 4.58. The van der Waals surface area contributed by atoms with E-state index in [0.717, 1.165) is 12.1 Å². The van der Waals surface area contributed by atoms with Crippen molar-refractivity contribution in [3.8, 4) is 0 Å². The third kappa shape index (κ3) is 1.74. The Labute approximate surface area is 149 Å². The van der Waals surface area contributed by atoms with Gasteiger partial charge in [0.2, 0.25) is 0 Å². The van der Waals surface area contributed by atoms with Crippen molar-refractivity contribution in [3.05, 3.63) is 33.6 Å². The summed E-state index contributed by atoms with van der Waals surface area (Å²) in [5, 5.41) is 15.2. The van der Waals surface area contributed by atoms with Crippen LogP contribution in [0.5, 0.6) is 0 Å². The zero-order valence-electron chi connectivity index (χ0n) is 14.3. The quantitative estimate of drug-likeness (QED) is 0.649. The van der Waals surface area contributed by atoms with E-state index < -0.39 is 5.97 Å². The number of carboxylic acid groups (broad SMARTS) is 1. The molecule has 2 aliphatic heterocycles. The molecule has 1 aromatic heterocycles. The molecule has 5 aliphatic rings. The Kier molecular flexibility index (Phi) is 2.79. The molecule has 6 rings (SSSR count). The van der Waals surface area contributed by atoms with Gasteiger partial charge in [0.15, 0.2) is 0 Å². The first kappa shape index (κ1) is 15.3. The highest BCUT2D eigenvalue weighted by atomic mass is 32.2. The van der Waals surface area contributed by atoms with Crippen molar-refractivity contribution in [2.24, 2.45) is 18.4 Å². The summed E-state index contributed by atoms with van der Waals surface area (Å²) in [4.78, 5) is 25.0. The Balaban J connectivity index is 1.50. The number of nitrogens with zero attached hydrogens (tertiary/aromatic N) is 3. The maximum absolute atomic E-state index is 12.4. The zero-order valence-corrected chi connectivity index (χ0v) is 15.1. The van der Waals surface area contributed by atoms with Crippen LogP contribution in [0.25, 0.3) is 6.08 Å². The summed E-state index contributed by atoms with van der Waals surface area (Å²) in [6.07, 6.45) is 4.12. The number of carbonyl (C=O) groups is 2. The molecule has 2 unspecified atom stereocenters. The smallest absolute Gasteiger partial charge is 0.353 e. The molecule has 1 N–H and O–H groups in total. The summed E-state index contributed by atoms with van der Waals surface area (Å²) in [6, 6.07) is 0. The molecule has 1 saturated heterocycles. The minimum absolute atomic E-state index is 0.0724. The number of β-lactam (4-membered cyclic amide) rings is 1. The Morgan fingerprint density at radius 3 is 2.92 bits per heavy atom. The van der Waals surface area contributed by atoms with Crippen LogP contribution in [0.15, 0.2) is 16.7 Å². The molecule has 3 heterocycles. The molecule has 0 radical (unpaired) electrons. The molecule has 0 spiro atoms. The number of carbonyl (C=O) groups excluding carboxylic acids is 1. The molecule has 130 valence electrons. The van der Waals surface area contributed by atoms with Gasteiger partial charge in [0.25, 0.3) is 5.91 Å². The van der Waals surface area contributed by atoms with E-state index in [1.54, 1.807) is 5.41 Å². The van der Waals surface area contributed by atoms with Crippen LogP contribution in [0, 0.1) is 11.3 Å². The van der Waals surface area contributed by atoms with Crippen LogP contribution in [0.4, 0.5) is 0 Å². The van der Waals surface area contributed by atoms with Gasteiger partial charge in [-0.15, -0.1) is 11.8 Å². The van der Waals surface area contributed by atoms with Gasteiger partial charge in [-0.2, -0.15) is 5.10 Å². The number of hydrogen-bond acceptors (Lipinski definition) is 4. The minimum atomic E-state index is -1.06. The normalized spacial score (nSPS) is 32.7. The molecule has 1 aromatic rings. The molecule has 6 nitrogen and oxygen atoms in total. The average Bonchev–Trinajstić information content (AvgIpc) is 3.11. The van der Waals surface area contributed by atoms with Crippen LogP contribution in [0.1, 0.15) is 43.1 Å². The monoisotopic (exact) mass is 357 g/mol. The Hall–Kier alpha value is -2.02. The molecule has 1 amide bonds. The number of thioether (sulfide) groups is 1. The van der Waals surface area contributed by atoms with Crippen LogP contribution < -0.4 is 0 Å². The molecule has 0 aromatic carbocycles. The Morgan fingerprint density at radius 1 is 1.48 bits per heavy atom. The van der Waals surface area contributed by atoms with Gasteiger partial charge in [-0.05, 0) is 30.3 Å². The highest BCUT2D eigenvalue weighted by Crippen LogP contribution is 2.62. The number of amides is 1. The van der Waals surface area contributed by atoms with Crippen LogP contribution >= 0.6 is 11.8 Å². The number of rotatable bonds is 2. The average molecular weight is 357 g/mol. The van der Waals surface area contributed by atoms with E-state index in [1.165, 1.54) is 34.3 Å². The summed E-state index contributed by atoms with van der Waals surface area (Å²) in [5.74, 6) is -0.0500. The van der Waals surface area contributed by atoms with Crippen molar-refractivity contribution in [1.82, 2.24) is 14.7 Å². The van der Waals surface area contributed by atoms with Gasteiger partial charge in [0.05, 0.1) is 11.3 Å². The highest BCUT2D eigenvalue weighted by Gasteiger charge is 2.55. The van der Waals surface area contributed by atoms with E-state index in [4.69, 9.17) is 5.11 Å².